The second kappa shape index (κ2) is 8.18. The van der Waals surface area contributed by atoms with Gasteiger partial charge in [0.2, 0.25) is 5.91 Å². The number of carbonyl (C=O) groups excluding carboxylic acids is 1. The van der Waals surface area contributed by atoms with Crippen molar-refractivity contribution in [3.05, 3.63) is 65.6 Å². The standard InChI is InChI=1S/C23H24FN3O3/c1-14(2)13-30-20-9-4-15(10-21(20)29-3)18-11-22(28)26-23-19(18)12-25-27(23)17-7-5-16(24)6-8-17/h4-10,12,14,18H,11,13H2,1-3H3,(H,26,28)/t18-/m1/s1. The summed E-state index contributed by atoms with van der Waals surface area (Å²) < 4.78 is 26.3. The Morgan fingerprint density at radius 1 is 1.20 bits per heavy atom. The largest absolute Gasteiger partial charge is 0.493 e. The number of rotatable bonds is 6. The molecule has 0 aliphatic carbocycles. The van der Waals surface area contributed by atoms with E-state index >= 15 is 0 Å². The molecule has 0 saturated heterocycles. The summed E-state index contributed by atoms with van der Waals surface area (Å²) in [7, 11) is 1.60. The fourth-order valence-electron chi connectivity index (χ4n) is 3.57. The minimum absolute atomic E-state index is 0.101. The molecule has 30 heavy (non-hydrogen) atoms. The van der Waals surface area contributed by atoms with E-state index < -0.39 is 0 Å². The van der Waals surface area contributed by atoms with Crippen LogP contribution in [0.25, 0.3) is 5.69 Å². The van der Waals surface area contributed by atoms with Crippen molar-refractivity contribution >= 4 is 11.7 Å². The van der Waals surface area contributed by atoms with E-state index in [0.29, 0.717) is 41.9 Å². The summed E-state index contributed by atoms with van der Waals surface area (Å²) in [6.45, 7) is 4.76. The van der Waals surface area contributed by atoms with Crippen LogP contribution in [0.1, 0.15) is 37.3 Å². The summed E-state index contributed by atoms with van der Waals surface area (Å²) in [5, 5.41) is 7.35. The van der Waals surface area contributed by atoms with Crippen molar-refractivity contribution in [2.75, 3.05) is 19.0 Å². The third kappa shape index (κ3) is 3.87. The number of fused-ring (bicyclic) bond motifs is 1. The first-order valence-corrected chi connectivity index (χ1v) is 9.90. The van der Waals surface area contributed by atoms with Gasteiger partial charge in [-0.1, -0.05) is 19.9 Å². The number of nitrogens with zero attached hydrogens (tertiary/aromatic N) is 2. The van der Waals surface area contributed by atoms with Crippen LogP contribution in [0.3, 0.4) is 0 Å². The van der Waals surface area contributed by atoms with E-state index in [9.17, 15) is 9.18 Å². The number of anilines is 1. The van der Waals surface area contributed by atoms with Gasteiger partial charge in [-0.15, -0.1) is 0 Å². The van der Waals surface area contributed by atoms with Gasteiger partial charge in [-0.25, -0.2) is 9.07 Å². The van der Waals surface area contributed by atoms with Gasteiger partial charge in [-0.3, -0.25) is 4.79 Å². The fourth-order valence-corrected chi connectivity index (χ4v) is 3.57. The third-order valence-corrected chi connectivity index (χ3v) is 5.05. The van der Waals surface area contributed by atoms with Gasteiger partial charge in [0.05, 0.1) is 25.6 Å². The van der Waals surface area contributed by atoms with E-state index in [1.165, 1.54) is 12.1 Å². The first-order chi connectivity index (χ1) is 14.5. The number of hydrogen-bond acceptors (Lipinski definition) is 4. The Hall–Kier alpha value is -3.35. The number of methoxy groups -OCH3 is 1. The normalized spacial score (nSPS) is 15.6. The van der Waals surface area contributed by atoms with E-state index in [4.69, 9.17) is 9.47 Å². The second-order valence-corrected chi connectivity index (χ2v) is 7.76. The predicted octanol–water partition coefficient (Wildman–Crippen LogP) is 4.53. The SMILES string of the molecule is COc1cc([C@H]2CC(=O)Nc3c2cnn3-c2ccc(F)cc2)ccc1OCC(C)C. The number of hydrogen-bond donors (Lipinski definition) is 1. The van der Waals surface area contributed by atoms with Crippen LogP contribution in [0, 0.1) is 11.7 Å². The third-order valence-electron chi connectivity index (χ3n) is 5.05. The molecule has 0 bridgehead atoms. The number of nitrogens with one attached hydrogen (secondary N) is 1. The first kappa shape index (κ1) is 19.9. The Labute approximate surface area is 174 Å². The lowest BCUT2D eigenvalue weighted by atomic mass is 9.87. The summed E-state index contributed by atoms with van der Waals surface area (Å²) in [5.41, 5.74) is 2.52. The molecular formula is C23H24FN3O3. The van der Waals surface area contributed by atoms with Gasteiger partial charge < -0.3 is 14.8 Å². The number of amides is 1. The molecule has 7 heteroatoms. The van der Waals surface area contributed by atoms with Crippen molar-refractivity contribution in [2.45, 2.75) is 26.2 Å². The molecular weight excluding hydrogens is 385 g/mol. The Balaban J connectivity index is 1.70. The molecule has 0 fully saturated rings. The Morgan fingerprint density at radius 2 is 1.97 bits per heavy atom. The number of aromatic nitrogens is 2. The minimum Gasteiger partial charge on any atom is -0.493 e. The van der Waals surface area contributed by atoms with Crippen LogP contribution in [-0.2, 0) is 4.79 Å². The van der Waals surface area contributed by atoms with Gasteiger partial charge in [0.1, 0.15) is 11.6 Å². The van der Waals surface area contributed by atoms with Gasteiger partial charge in [0.15, 0.2) is 11.5 Å². The fraction of sp³-hybridized carbons (Fsp3) is 0.304. The lowest BCUT2D eigenvalue weighted by Crippen LogP contribution is -2.24. The van der Waals surface area contributed by atoms with Crippen LogP contribution < -0.4 is 14.8 Å². The average molecular weight is 409 g/mol. The minimum atomic E-state index is -0.325. The zero-order valence-electron chi connectivity index (χ0n) is 17.2. The highest BCUT2D eigenvalue weighted by Crippen LogP contribution is 2.40. The molecule has 1 aliphatic rings. The van der Waals surface area contributed by atoms with Crippen molar-refractivity contribution < 1.29 is 18.7 Å². The summed E-state index contributed by atoms with van der Waals surface area (Å²) in [6.07, 6.45) is 2.05. The van der Waals surface area contributed by atoms with Crippen LogP contribution in [0.4, 0.5) is 10.2 Å². The molecule has 3 aromatic rings. The Bertz CT molecular complexity index is 1060. The molecule has 1 amide bonds. The Kier molecular flexibility index (Phi) is 5.44. The molecule has 1 atom stereocenters. The maximum Gasteiger partial charge on any atom is 0.226 e. The van der Waals surface area contributed by atoms with Gasteiger partial charge in [-0.2, -0.15) is 5.10 Å². The van der Waals surface area contributed by atoms with Gasteiger partial charge >= 0.3 is 0 Å². The number of halogens is 1. The highest BCUT2D eigenvalue weighted by atomic mass is 19.1. The van der Waals surface area contributed by atoms with Crippen LogP contribution >= 0.6 is 0 Å². The predicted molar refractivity (Wildman–Crippen MR) is 112 cm³/mol. The van der Waals surface area contributed by atoms with Crippen molar-refractivity contribution in [3.63, 3.8) is 0 Å². The lowest BCUT2D eigenvalue weighted by molar-refractivity contribution is -0.116. The molecule has 156 valence electrons. The number of benzene rings is 2. The molecule has 0 saturated carbocycles. The van der Waals surface area contributed by atoms with E-state index in [-0.39, 0.29) is 17.6 Å². The molecule has 1 N–H and O–H groups in total. The summed E-state index contributed by atoms with van der Waals surface area (Å²) in [4.78, 5) is 12.5. The molecule has 2 heterocycles. The molecule has 0 unspecified atom stereocenters. The Morgan fingerprint density at radius 3 is 2.67 bits per heavy atom. The average Bonchev–Trinajstić information content (AvgIpc) is 3.15. The van der Waals surface area contributed by atoms with Crippen LogP contribution in [0.2, 0.25) is 0 Å². The smallest absolute Gasteiger partial charge is 0.226 e. The molecule has 6 nitrogen and oxygen atoms in total. The second-order valence-electron chi connectivity index (χ2n) is 7.76. The molecule has 1 aliphatic heterocycles. The van der Waals surface area contributed by atoms with E-state index in [1.807, 2.05) is 18.2 Å². The molecule has 2 aromatic carbocycles. The van der Waals surface area contributed by atoms with Crippen molar-refractivity contribution in [2.24, 2.45) is 5.92 Å². The van der Waals surface area contributed by atoms with E-state index in [2.05, 4.69) is 24.3 Å². The summed E-state index contributed by atoms with van der Waals surface area (Å²) in [6, 6.07) is 11.7. The van der Waals surface area contributed by atoms with Crippen LogP contribution in [-0.4, -0.2) is 29.4 Å². The number of carbonyl (C=O) groups is 1. The number of ether oxygens (including phenoxy) is 2. The monoisotopic (exact) mass is 409 g/mol. The van der Waals surface area contributed by atoms with Gasteiger partial charge in [0, 0.05) is 17.9 Å². The lowest BCUT2D eigenvalue weighted by Gasteiger charge is -2.24. The highest BCUT2D eigenvalue weighted by molar-refractivity contribution is 5.94. The maximum absolute atomic E-state index is 13.3. The van der Waals surface area contributed by atoms with Crippen LogP contribution in [0.5, 0.6) is 11.5 Å². The summed E-state index contributed by atoms with van der Waals surface area (Å²) >= 11 is 0. The highest BCUT2D eigenvalue weighted by Gasteiger charge is 2.31. The first-order valence-electron chi connectivity index (χ1n) is 9.90. The summed E-state index contributed by atoms with van der Waals surface area (Å²) in [5.74, 6) is 1.71. The van der Waals surface area contributed by atoms with Crippen molar-refractivity contribution in [1.82, 2.24) is 9.78 Å². The van der Waals surface area contributed by atoms with E-state index in [0.717, 1.165) is 11.1 Å². The zero-order valence-corrected chi connectivity index (χ0v) is 17.2. The molecule has 0 spiro atoms. The van der Waals surface area contributed by atoms with Gasteiger partial charge in [0.25, 0.3) is 0 Å². The molecule has 1 aromatic heterocycles. The molecule has 0 radical (unpaired) electrons. The molecule has 4 rings (SSSR count). The van der Waals surface area contributed by atoms with Crippen LogP contribution in [0.15, 0.2) is 48.7 Å². The maximum atomic E-state index is 13.3. The quantitative estimate of drug-likeness (QED) is 0.650. The van der Waals surface area contributed by atoms with Gasteiger partial charge in [-0.05, 0) is 47.9 Å². The zero-order chi connectivity index (χ0) is 21.3. The van der Waals surface area contributed by atoms with Crippen molar-refractivity contribution in [1.29, 1.82) is 0 Å². The van der Waals surface area contributed by atoms with Crippen molar-refractivity contribution in [3.8, 4) is 17.2 Å². The topological polar surface area (TPSA) is 65.4 Å². The van der Waals surface area contributed by atoms with E-state index in [1.54, 1.807) is 30.1 Å².